The van der Waals surface area contributed by atoms with Crippen molar-refractivity contribution >= 4 is 25.2 Å². The molecule has 24 heavy (non-hydrogen) atoms. The molecular formula is C19H32O3SSi. The molecule has 0 atom stereocenters. The topological polar surface area (TPSA) is 46.5 Å². The summed E-state index contributed by atoms with van der Waals surface area (Å²) in [5.74, 6) is 0. The Morgan fingerprint density at radius 1 is 1.12 bits per heavy atom. The summed E-state index contributed by atoms with van der Waals surface area (Å²) >= 11 is 1.31. The summed E-state index contributed by atoms with van der Waals surface area (Å²) < 4.78 is 5.98. The van der Waals surface area contributed by atoms with Crippen LogP contribution in [-0.2, 0) is 27.2 Å². The number of aliphatic hydroxyl groups is 1. The van der Waals surface area contributed by atoms with E-state index in [-0.39, 0.29) is 21.5 Å². The van der Waals surface area contributed by atoms with Gasteiger partial charge in [0.2, 0.25) is 0 Å². The number of carbonyl (C=O) groups is 1. The Kier molecular flexibility index (Phi) is 6.90. The monoisotopic (exact) mass is 368 g/mol. The molecule has 5 heteroatoms. The van der Waals surface area contributed by atoms with Gasteiger partial charge in [-0.2, -0.15) is 0 Å². The third-order valence-electron chi connectivity index (χ3n) is 4.74. The van der Waals surface area contributed by atoms with E-state index in [2.05, 4.69) is 39.9 Å². The molecule has 3 nitrogen and oxygen atoms in total. The van der Waals surface area contributed by atoms with Gasteiger partial charge in [-0.15, -0.1) is 0 Å². The maximum atomic E-state index is 11.5. The Hall–Kier alpha value is -0.623. The van der Waals surface area contributed by atoms with Crippen LogP contribution in [0.4, 0.5) is 0 Å². The standard InChI is InChI=1S/C19H32O3SSi/c1-14(21)23-19(5,6)17-10-15(12-20)9-16(11-17)13-22-24(7,8)18(2,3)4/h9-11,20H,12-13H2,1-8H3. The molecule has 1 aromatic carbocycles. The van der Waals surface area contributed by atoms with E-state index in [1.54, 1.807) is 6.92 Å². The van der Waals surface area contributed by atoms with Gasteiger partial charge >= 0.3 is 0 Å². The number of hydrogen-bond acceptors (Lipinski definition) is 4. The molecule has 0 saturated carbocycles. The van der Waals surface area contributed by atoms with Gasteiger partial charge in [0.05, 0.1) is 13.2 Å². The van der Waals surface area contributed by atoms with Crippen LogP contribution in [0, 0.1) is 0 Å². The molecule has 0 radical (unpaired) electrons. The second kappa shape index (κ2) is 7.73. The average molecular weight is 369 g/mol. The summed E-state index contributed by atoms with van der Waals surface area (Å²) in [6, 6.07) is 6.07. The number of hydrogen-bond donors (Lipinski definition) is 1. The van der Waals surface area contributed by atoms with Crippen LogP contribution in [-0.4, -0.2) is 18.5 Å². The first-order valence-corrected chi connectivity index (χ1v) is 12.1. The molecule has 0 aliphatic carbocycles. The molecule has 136 valence electrons. The Morgan fingerprint density at radius 2 is 1.67 bits per heavy atom. The number of aliphatic hydroxyl groups excluding tert-OH is 1. The van der Waals surface area contributed by atoms with Crippen LogP contribution in [0.3, 0.4) is 0 Å². The van der Waals surface area contributed by atoms with Crippen molar-refractivity contribution in [3.05, 3.63) is 34.9 Å². The molecule has 0 fully saturated rings. The third kappa shape index (κ3) is 5.72. The fourth-order valence-electron chi connectivity index (χ4n) is 2.18. The first-order chi connectivity index (χ1) is 10.8. The van der Waals surface area contributed by atoms with Gasteiger partial charge in [-0.3, -0.25) is 4.79 Å². The van der Waals surface area contributed by atoms with Gasteiger partial charge in [-0.1, -0.05) is 50.7 Å². The Morgan fingerprint density at radius 3 is 2.12 bits per heavy atom. The highest BCUT2D eigenvalue weighted by Gasteiger charge is 2.37. The van der Waals surface area contributed by atoms with Crippen molar-refractivity contribution in [3.8, 4) is 0 Å². The predicted molar refractivity (Wildman–Crippen MR) is 106 cm³/mol. The van der Waals surface area contributed by atoms with E-state index in [4.69, 9.17) is 4.43 Å². The minimum Gasteiger partial charge on any atom is -0.413 e. The van der Waals surface area contributed by atoms with Crippen molar-refractivity contribution in [3.63, 3.8) is 0 Å². The van der Waals surface area contributed by atoms with E-state index in [0.29, 0.717) is 6.61 Å². The molecule has 0 bridgehead atoms. The molecule has 0 heterocycles. The Labute approximate surface area is 152 Å². The van der Waals surface area contributed by atoms with Crippen molar-refractivity contribution < 1.29 is 14.3 Å². The molecule has 0 aliphatic heterocycles. The SMILES string of the molecule is CC(=O)SC(C)(C)c1cc(CO)cc(CO[Si](C)(C)C(C)(C)C)c1. The molecule has 0 spiro atoms. The van der Waals surface area contributed by atoms with Crippen LogP contribution in [0.2, 0.25) is 18.1 Å². The van der Waals surface area contributed by atoms with Crippen LogP contribution < -0.4 is 0 Å². The highest BCUT2D eigenvalue weighted by Crippen LogP contribution is 2.39. The average Bonchev–Trinajstić information content (AvgIpc) is 2.42. The molecule has 0 aromatic heterocycles. The lowest BCUT2D eigenvalue weighted by Gasteiger charge is -2.36. The molecular weight excluding hydrogens is 336 g/mol. The molecule has 1 aromatic rings. The van der Waals surface area contributed by atoms with Crippen LogP contribution >= 0.6 is 11.8 Å². The maximum Gasteiger partial charge on any atom is 0.192 e. The van der Waals surface area contributed by atoms with Crippen LogP contribution in [0.1, 0.15) is 58.2 Å². The highest BCUT2D eigenvalue weighted by atomic mass is 32.2. The zero-order chi connectivity index (χ0) is 18.8. The van der Waals surface area contributed by atoms with Gasteiger partial charge in [-0.25, -0.2) is 0 Å². The highest BCUT2D eigenvalue weighted by molar-refractivity contribution is 8.14. The van der Waals surface area contributed by atoms with Gasteiger partial charge in [0.25, 0.3) is 0 Å². The van der Waals surface area contributed by atoms with E-state index in [0.717, 1.165) is 16.7 Å². The molecule has 1 N–H and O–H groups in total. The first-order valence-electron chi connectivity index (χ1n) is 8.36. The second-order valence-corrected chi connectivity index (χ2v) is 15.0. The largest absolute Gasteiger partial charge is 0.413 e. The smallest absolute Gasteiger partial charge is 0.192 e. The summed E-state index contributed by atoms with van der Waals surface area (Å²) in [5.41, 5.74) is 2.96. The lowest BCUT2D eigenvalue weighted by atomic mass is 9.97. The molecule has 0 amide bonds. The van der Waals surface area contributed by atoms with E-state index >= 15 is 0 Å². The Bertz CT molecular complexity index is 589. The second-order valence-electron chi connectivity index (χ2n) is 8.35. The molecule has 0 saturated heterocycles. The van der Waals surface area contributed by atoms with Crippen molar-refractivity contribution in [1.29, 1.82) is 0 Å². The van der Waals surface area contributed by atoms with Gasteiger partial charge in [0.15, 0.2) is 13.4 Å². The molecule has 1 rings (SSSR count). The fourth-order valence-corrected chi connectivity index (χ4v) is 4.10. The van der Waals surface area contributed by atoms with Crippen LogP contribution in [0.5, 0.6) is 0 Å². The third-order valence-corrected chi connectivity index (χ3v) is 10.2. The van der Waals surface area contributed by atoms with E-state index in [1.807, 2.05) is 26.0 Å². The van der Waals surface area contributed by atoms with E-state index < -0.39 is 8.32 Å². The summed E-state index contributed by atoms with van der Waals surface area (Å²) in [4.78, 5) is 11.5. The fraction of sp³-hybridized carbons (Fsp3) is 0.632. The van der Waals surface area contributed by atoms with Crippen LogP contribution in [0.15, 0.2) is 18.2 Å². The number of thioether (sulfide) groups is 1. The van der Waals surface area contributed by atoms with E-state index in [1.165, 1.54) is 11.8 Å². The van der Waals surface area contributed by atoms with Crippen LogP contribution in [0.25, 0.3) is 0 Å². The number of rotatable bonds is 6. The van der Waals surface area contributed by atoms with Crippen molar-refractivity contribution in [2.24, 2.45) is 0 Å². The quantitative estimate of drug-likeness (QED) is 0.700. The molecule has 0 unspecified atom stereocenters. The zero-order valence-electron chi connectivity index (χ0n) is 16.3. The lowest BCUT2D eigenvalue weighted by Crippen LogP contribution is -2.40. The molecule has 0 aliphatic rings. The van der Waals surface area contributed by atoms with Crippen molar-refractivity contribution in [2.75, 3.05) is 0 Å². The summed E-state index contributed by atoms with van der Waals surface area (Å²) in [5, 5.41) is 9.84. The van der Waals surface area contributed by atoms with Gasteiger partial charge in [0.1, 0.15) is 0 Å². The number of carbonyl (C=O) groups excluding carboxylic acids is 1. The van der Waals surface area contributed by atoms with Gasteiger partial charge in [-0.05, 0) is 48.7 Å². The normalized spacial score (nSPS) is 13.2. The van der Waals surface area contributed by atoms with Crippen molar-refractivity contribution in [1.82, 2.24) is 0 Å². The summed E-state index contributed by atoms with van der Waals surface area (Å²) in [7, 11) is -1.83. The van der Waals surface area contributed by atoms with Crippen molar-refractivity contribution in [2.45, 2.75) is 77.6 Å². The summed E-state index contributed by atoms with van der Waals surface area (Å²) in [6.45, 7) is 17.3. The minimum atomic E-state index is -1.83. The zero-order valence-corrected chi connectivity index (χ0v) is 18.1. The predicted octanol–water partition coefficient (Wildman–Crippen LogP) is 5.22. The number of benzene rings is 1. The Balaban J connectivity index is 3.09. The van der Waals surface area contributed by atoms with Gasteiger partial charge in [0, 0.05) is 11.7 Å². The maximum absolute atomic E-state index is 11.5. The summed E-state index contributed by atoms with van der Waals surface area (Å²) in [6.07, 6.45) is 0. The minimum absolute atomic E-state index is 0.0122. The lowest BCUT2D eigenvalue weighted by molar-refractivity contribution is -0.109. The first kappa shape index (κ1) is 21.4. The van der Waals surface area contributed by atoms with E-state index in [9.17, 15) is 9.90 Å². The van der Waals surface area contributed by atoms with Gasteiger partial charge < -0.3 is 9.53 Å².